The summed E-state index contributed by atoms with van der Waals surface area (Å²) in [6.07, 6.45) is 0.904. The van der Waals surface area contributed by atoms with Crippen molar-refractivity contribution in [1.29, 1.82) is 0 Å². The Morgan fingerprint density at radius 3 is 2.48 bits per heavy atom. The van der Waals surface area contributed by atoms with Gasteiger partial charge in [0.1, 0.15) is 6.54 Å². The number of methoxy groups -OCH3 is 2. The molecule has 1 amide bonds. The molecule has 1 rings (SSSR count). The van der Waals surface area contributed by atoms with Crippen LogP contribution in [0.2, 0.25) is 0 Å². The molecule has 2 unspecified atom stereocenters. The van der Waals surface area contributed by atoms with Crippen LogP contribution in [-0.2, 0) is 14.3 Å². The van der Waals surface area contributed by atoms with E-state index in [2.05, 4.69) is 41.7 Å². The van der Waals surface area contributed by atoms with Crippen molar-refractivity contribution < 1.29 is 14.3 Å². The van der Waals surface area contributed by atoms with Gasteiger partial charge < -0.3 is 25.4 Å². The molecule has 0 bridgehead atoms. The Hall–Kier alpha value is -1.34. The summed E-state index contributed by atoms with van der Waals surface area (Å²) < 4.78 is 10.5. The first kappa shape index (κ1) is 19.7. The molecule has 0 aliphatic heterocycles. The number of rotatable bonds is 8. The van der Waals surface area contributed by atoms with E-state index in [9.17, 15) is 4.79 Å². The summed E-state index contributed by atoms with van der Waals surface area (Å²) in [7, 11) is 3.35. The fraction of sp³-hybridized carbons (Fsp3) is 0.875. The first-order valence-corrected chi connectivity index (χ1v) is 8.16. The quantitative estimate of drug-likeness (QED) is 0.343. The van der Waals surface area contributed by atoms with Crippen LogP contribution in [0.5, 0.6) is 0 Å². The van der Waals surface area contributed by atoms with Crippen molar-refractivity contribution in [2.45, 2.75) is 45.8 Å². The Morgan fingerprint density at radius 2 is 1.96 bits per heavy atom. The van der Waals surface area contributed by atoms with E-state index in [1.165, 1.54) is 0 Å². The Bertz CT molecular complexity index is 426. The largest absolute Gasteiger partial charge is 0.383 e. The van der Waals surface area contributed by atoms with Crippen molar-refractivity contribution in [2.75, 3.05) is 40.5 Å². The van der Waals surface area contributed by atoms with Crippen molar-refractivity contribution >= 4 is 11.9 Å². The third kappa shape index (κ3) is 4.81. The molecule has 0 saturated heterocycles. The van der Waals surface area contributed by atoms with Gasteiger partial charge in [0.2, 0.25) is 5.91 Å². The second-order valence-electron chi connectivity index (χ2n) is 6.60. The molecule has 1 aliphatic carbocycles. The van der Waals surface area contributed by atoms with Crippen molar-refractivity contribution in [1.82, 2.24) is 16.0 Å². The Morgan fingerprint density at radius 1 is 1.26 bits per heavy atom. The van der Waals surface area contributed by atoms with Gasteiger partial charge in [-0.1, -0.05) is 13.8 Å². The van der Waals surface area contributed by atoms with Gasteiger partial charge in [-0.15, -0.1) is 0 Å². The zero-order chi connectivity index (χ0) is 17.5. The van der Waals surface area contributed by atoms with E-state index in [1.807, 2.05) is 6.92 Å². The summed E-state index contributed by atoms with van der Waals surface area (Å²) >= 11 is 0. The number of hydrogen-bond acceptors (Lipinski definition) is 4. The maximum atomic E-state index is 11.7. The molecule has 0 heterocycles. The molecule has 1 fully saturated rings. The van der Waals surface area contributed by atoms with Crippen LogP contribution in [0.3, 0.4) is 0 Å². The Labute approximate surface area is 139 Å². The standard InChI is InChI=1S/C16H32N4O3/c1-7-17-14(19-11-13(21)18-8-9-22-5)20-12-10-16(4,23-6)15(12,2)3/h12H,7-11H2,1-6H3,(H,18,21)(H2,17,19,20). The fourth-order valence-corrected chi connectivity index (χ4v) is 2.71. The zero-order valence-electron chi connectivity index (χ0n) is 15.3. The minimum Gasteiger partial charge on any atom is -0.383 e. The number of nitrogens with one attached hydrogen (secondary N) is 3. The molecule has 1 aliphatic rings. The molecule has 0 radical (unpaired) electrons. The topological polar surface area (TPSA) is 84.0 Å². The number of amides is 1. The lowest BCUT2D eigenvalue weighted by Gasteiger charge is -2.59. The summed E-state index contributed by atoms with van der Waals surface area (Å²) in [5.41, 5.74) is -0.155. The molecule has 23 heavy (non-hydrogen) atoms. The number of guanidine groups is 1. The van der Waals surface area contributed by atoms with Crippen molar-refractivity contribution in [2.24, 2.45) is 10.4 Å². The number of carbonyl (C=O) groups excluding carboxylic acids is 1. The molecule has 0 aromatic rings. The highest BCUT2D eigenvalue weighted by Gasteiger charge is 2.58. The fourth-order valence-electron chi connectivity index (χ4n) is 2.71. The molecule has 7 heteroatoms. The van der Waals surface area contributed by atoms with Gasteiger partial charge in [-0.2, -0.15) is 0 Å². The first-order valence-electron chi connectivity index (χ1n) is 8.16. The summed E-state index contributed by atoms with van der Waals surface area (Å²) in [5.74, 6) is 0.541. The third-order valence-electron chi connectivity index (χ3n) is 4.94. The van der Waals surface area contributed by atoms with E-state index in [-0.39, 0.29) is 29.5 Å². The molecular weight excluding hydrogens is 296 g/mol. The highest BCUT2D eigenvalue weighted by Crippen LogP contribution is 2.51. The first-order chi connectivity index (χ1) is 10.8. The minimum atomic E-state index is -0.139. The number of ether oxygens (including phenoxy) is 2. The Balaban J connectivity index is 2.56. The number of carbonyl (C=O) groups is 1. The van der Waals surface area contributed by atoms with Gasteiger partial charge >= 0.3 is 0 Å². The van der Waals surface area contributed by atoms with E-state index in [0.29, 0.717) is 19.1 Å². The van der Waals surface area contributed by atoms with Gasteiger partial charge in [0, 0.05) is 38.8 Å². The number of aliphatic imine (C=N–C) groups is 1. The van der Waals surface area contributed by atoms with Crippen molar-refractivity contribution in [3.05, 3.63) is 0 Å². The van der Waals surface area contributed by atoms with Crippen molar-refractivity contribution in [3.8, 4) is 0 Å². The molecule has 3 N–H and O–H groups in total. The molecule has 0 aromatic heterocycles. The molecule has 0 aromatic carbocycles. The minimum absolute atomic E-state index is 0.0152. The van der Waals surface area contributed by atoms with Crippen LogP contribution in [0.1, 0.15) is 34.1 Å². The zero-order valence-corrected chi connectivity index (χ0v) is 15.3. The monoisotopic (exact) mass is 328 g/mol. The highest BCUT2D eigenvalue weighted by molar-refractivity contribution is 5.85. The van der Waals surface area contributed by atoms with E-state index >= 15 is 0 Å². The van der Waals surface area contributed by atoms with E-state index < -0.39 is 0 Å². The van der Waals surface area contributed by atoms with E-state index in [0.717, 1.165) is 13.0 Å². The average molecular weight is 328 g/mol. The summed E-state index contributed by atoms with van der Waals surface area (Å²) in [6, 6.07) is 0.252. The van der Waals surface area contributed by atoms with Crippen LogP contribution in [0, 0.1) is 5.41 Å². The molecule has 1 saturated carbocycles. The van der Waals surface area contributed by atoms with E-state index in [1.54, 1.807) is 14.2 Å². The van der Waals surface area contributed by atoms with Gasteiger partial charge in [0.25, 0.3) is 0 Å². The SMILES string of the molecule is CCNC(=NCC(=O)NCCOC)NC1CC(C)(OC)C1(C)C. The normalized spacial score (nSPS) is 26.3. The summed E-state index contributed by atoms with van der Waals surface area (Å²) in [5, 5.41) is 9.35. The molecule has 0 spiro atoms. The third-order valence-corrected chi connectivity index (χ3v) is 4.94. The van der Waals surface area contributed by atoms with Crippen LogP contribution in [-0.4, -0.2) is 64.0 Å². The second kappa shape index (κ2) is 8.49. The molecule has 7 nitrogen and oxygen atoms in total. The second-order valence-corrected chi connectivity index (χ2v) is 6.60. The van der Waals surface area contributed by atoms with Crippen LogP contribution >= 0.6 is 0 Å². The van der Waals surface area contributed by atoms with Gasteiger partial charge in [-0.3, -0.25) is 4.79 Å². The van der Waals surface area contributed by atoms with Crippen LogP contribution in [0.25, 0.3) is 0 Å². The average Bonchev–Trinajstić information content (AvgIpc) is 2.52. The van der Waals surface area contributed by atoms with Gasteiger partial charge in [0.05, 0.1) is 12.2 Å². The van der Waals surface area contributed by atoms with Crippen LogP contribution in [0.4, 0.5) is 0 Å². The maximum Gasteiger partial charge on any atom is 0.241 e. The molecular formula is C16H32N4O3. The number of hydrogen-bond donors (Lipinski definition) is 3. The Kier molecular flexibility index (Phi) is 7.28. The lowest BCUT2D eigenvalue weighted by atomic mass is 9.56. The van der Waals surface area contributed by atoms with Crippen molar-refractivity contribution in [3.63, 3.8) is 0 Å². The number of nitrogens with zero attached hydrogens (tertiary/aromatic N) is 1. The summed E-state index contributed by atoms with van der Waals surface area (Å²) in [6.45, 7) is 10.3. The van der Waals surface area contributed by atoms with Gasteiger partial charge in [0.15, 0.2) is 5.96 Å². The predicted octanol–water partition coefficient (Wildman–Crippen LogP) is 0.508. The molecule has 134 valence electrons. The van der Waals surface area contributed by atoms with Crippen LogP contribution in [0.15, 0.2) is 4.99 Å². The van der Waals surface area contributed by atoms with Crippen LogP contribution < -0.4 is 16.0 Å². The lowest BCUT2D eigenvalue weighted by Crippen LogP contribution is -2.69. The summed E-state index contributed by atoms with van der Waals surface area (Å²) in [4.78, 5) is 16.1. The van der Waals surface area contributed by atoms with E-state index in [4.69, 9.17) is 9.47 Å². The maximum absolute atomic E-state index is 11.7. The smallest absolute Gasteiger partial charge is 0.241 e. The highest BCUT2D eigenvalue weighted by atomic mass is 16.5. The van der Waals surface area contributed by atoms with Gasteiger partial charge in [-0.25, -0.2) is 4.99 Å². The molecule has 2 atom stereocenters. The van der Waals surface area contributed by atoms with Gasteiger partial charge in [-0.05, 0) is 20.3 Å². The predicted molar refractivity (Wildman–Crippen MR) is 91.6 cm³/mol. The lowest BCUT2D eigenvalue weighted by molar-refractivity contribution is -0.176.